The molecule has 7 nitrogen and oxygen atoms in total. The monoisotopic (exact) mass is 440 g/mol. The fourth-order valence-electron chi connectivity index (χ4n) is 5.23. The molecule has 7 heteroatoms. The van der Waals surface area contributed by atoms with Crippen LogP contribution in [0.4, 0.5) is 0 Å². The maximum Gasteiger partial charge on any atom is 0.222 e. The number of carbonyl (C=O) groups is 1. The molecule has 0 saturated carbocycles. The van der Waals surface area contributed by atoms with Crippen LogP contribution in [0.3, 0.4) is 0 Å². The molecule has 4 heterocycles. The smallest absolute Gasteiger partial charge is 0.222 e. The van der Waals surface area contributed by atoms with Gasteiger partial charge in [0.2, 0.25) is 5.91 Å². The van der Waals surface area contributed by atoms with Gasteiger partial charge in [-0.25, -0.2) is 0 Å². The summed E-state index contributed by atoms with van der Waals surface area (Å²) in [6.45, 7) is 7.21. The number of pyridine rings is 1. The molecule has 2 saturated heterocycles. The van der Waals surface area contributed by atoms with E-state index in [1.54, 1.807) is 12.4 Å². The van der Waals surface area contributed by atoms with Crippen molar-refractivity contribution in [2.45, 2.75) is 64.4 Å². The molecule has 1 amide bonds. The van der Waals surface area contributed by atoms with Crippen molar-refractivity contribution in [3.05, 3.63) is 41.5 Å². The highest BCUT2D eigenvalue weighted by Gasteiger charge is 2.40. The maximum atomic E-state index is 12.8. The van der Waals surface area contributed by atoms with Crippen LogP contribution < -0.4 is 4.74 Å². The average molecular weight is 441 g/mol. The van der Waals surface area contributed by atoms with E-state index >= 15 is 0 Å². The van der Waals surface area contributed by atoms with Gasteiger partial charge < -0.3 is 14.4 Å². The van der Waals surface area contributed by atoms with Gasteiger partial charge in [-0.3, -0.25) is 14.5 Å². The van der Waals surface area contributed by atoms with Crippen LogP contribution in [0.5, 0.6) is 5.75 Å². The van der Waals surface area contributed by atoms with E-state index in [9.17, 15) is 4.79 Å². The molecule has 2 aliphatic heterocycles. The number of amides is 1. The van der Waals surface area contributed by atoms with Gasteiger partial charge >= 0.3 is 0 Å². The van der Waals surface area contributed by atoms with Crippen LogP contribution in [0.2, 0.25) is 0 Å². The Morgan fingerprint density at radius 3 is 2.81 bits per heavy atom. The molecule has 32 heavy (non-hydrogen) atoms. The number of likely N-dealkylation sites (tertiary alicyclic amines) is 1. The van der Waals surface area contributed by atoms with E-state index in [2.05, 4.69) is 17.0 Å². The highest BCUT2D eigenvalue weighted by atomic mass is 16.5. The molecule has 4 rings (SSSR count). The predicted molar refractivity (Wildman–Crippen MR) is 123 cm³/mol. The number of piperidine rings is 1. The Kier molecular flexibility index (Phi) is 7.13. The van der Waals surface area contributed by atoms with Crippen LogP contribution in [-0.2, 0) is 23.0 Å². The molecule has 174 valence electrons. The quantitative estimate of drug-likeness (QED) is 0.658. The van der Waals surface area contributed by atoms with Gasteiger partial charge in [0.1, 0.15) is 5.75 Å². The van der Waals surface area contributed by atoms with Crippen molar-refractivity contribution in [1.82, 2.24) is 19.7 Å². The Labute approximate surface area is 191 Å². The molecule has 2 aromatic rings. The molecule has 0 radical (unpaired) electrons. The Morgan fingerprint density at radius 2 is 2.12 bits per heavy atom. The van der Waals surface area contributed by atoms with E-state index in [0.717, 1.165) is 75.4 Å². The van der Waals surface area contributed by atoms with Gasteiger partial charge in [-0.05, 0) is 76.0 Å². The molecule has 1 atom stereocenters. The third-order valence-electron chi connectivity index (χ3n) is 7.30. The number of hydrogen-bond donors (Lipinski definition) is 0. The van der Waals surface area contributed by atoms with Crippen molar-refractivity contribution in [3.8, 4) is 5.75 Å². The third kappa shape index (κ3) is 5.31. The SMILES string of the molecule is Cc1nn(C)c(C)c1CCC(=O)N1CCC2(CC1)CC(CCOc1cccnc1)CCO2. The van der Waals surface area contributed by atoms with E-state index in [-0.39, 0.29) is 11.5 Å². The van der Waals surface area contributed by atoms with Crippen molar-refractivity contribution >= 4 is 5.91 Å². The zero-order valence-corrected chi connectivity index (χ0v) is 19.7. The summed E-state index contributed by atoms with van der Waals surface area (Å²) >= 11 is 0. The van der Waals surface area contributed by atoms with Gasteiger partial charge in [0.15, 0.2) is 0 Å². The first-order valence-electron chi connectivity index (χ1n) is 11.9. The summed E-state index contributed by atoms with van der Waals surface area (Å²) in [5, 5.41) is 4.47. The zero-order chi connectivity index (χ0) is 22.6. The molecule has 2 aromatic heterocycles. The number of rotatable bonds is 7. The maximum absolute atomic E-state index is 12.8. The highest BCUT2D eigenvalue weighted by molar-refractivity contribution is 5.76. The van der Waals surface area contributed by atoms with Crippen LogP contribution >= 0.6 is 0 Å². The molecule has 2 aliphatic rings. The lowest BCUT2D eigenvalue weighted by molar-refractivity contribution is -0.147. The summed E-state index contributed by atoms with van der Waals surface area (Å²) < 4.78 is 14.0. The molecule has 1 unspecified atom stereocenters. The van der Waals surface area contributed by atoms with Crippen LogP contribution in [0.15, 0.2) is 24.5 Å². The van der Waals surface area contributed by atoms with Gasteiger partial charge in [-0.2, -0.15) is 5.10 Å². The lowest BCUT2D eigenvalue weighted by Gasteiger charge is -2.46. The fraction of sp³-hybridized carbons (Fsp3) is 0.640. The largest absolute Gasteiger partial charge is 0.492 e. The van der Waals surface area contributed by atoms with E-state index < -0.39 is 0 Å². The average Bonchev–Trinajstić information content (AvgIpc) is 3.04. The second-order valence-corrected chi connectivity index (χ2v) is 9.37. The second-order valence-electron chi connectivity index (χ2n) is 9.37. The molecular formula is C25H36N4O3. The number of ether oxygens (including phenoxy) is 2. The number of aryl methyl sites for hydroxylation is 2. The van der Waals surface area contributed by atoms with Crippen LogP contribution in [0.1, 0.15) is 55.5 Å². The first-order chi connectivity index (χ1) is 15.5. The summed E-state index contributed by atoms with van der Waals surface area (Å²) in [6, 6.07) is 3.84. The van der Waals surface area contributed by atoms with Gasteiger partial charge in [0.25, 0.3) is 0 Å². The van der Waals surface area contributed by atoms with Crippen molar-refractivity contribution in [2.75, 3.05) is 26.3 Å². The van der Waals surface area contributed by atoms with E-state index in [1.807, 2.05) is 35.7 Å². The van der Waals surface area contributed by atoms with Crippen LogP contribution in [0.25, 0.3) is 0 Å². The van der Waals surface area contributed by atoms with Gasteiger partial charge in [-0.15, -0.1) is 0 Å². The lowest BCUT2D eigenvalue weighted by atomic mass is 9.78. The van der Waals surface area contributed by atoms with E-state index in [0.29, 0.717) is 18.9 Å². The van der Waals surface area contributed by atoms with Crippen molar-refractivity contribution < 1.29 is 14.3 Å². The van der Waals surface area contributed by atoms with Crippen LogP contribution in [-0.4, -0.2) is 57.5 Å². The minimum absolute atomic E-state index is 0.0650. The minimum atomic E-state index is -0.0650. The fourth-order valence-corrected chi connectivity index (χ4v) is 5.23. The minimum Gasteiger partial charge on any atom is -0.492 e. The van der Waals surface area contributed by atoms with Gasteiger partial charge in [0.05, 0.1) is 24.1 Å². The Hall–Kier alpha value is -2.41. The summed E-state index contributed by atoms with van der Waals surface area (Å²) in [5.74, 6) is 1.69. The lowest BCUT2D eigenvalue weighted by Crippen LogP contribution is -2.51. The summed E-state index contributed by atoms with van der Waals surface area (Å²) in [5.41, 5.74) is 3.33. The number of aromatic nitrogens is 3. The summed E-state index contributed by atoms with van der Waals surface area (Å²) in [7, 11) is 1.96. The van der Waals surface area contributed by atoms with Crippen molar-refractivity contribution in [2.24, 2.45) is 13.0 Å². The normalized spacial score (nSPS) is 20.5. The van der Waals surface area contributed by atoms with Gasteiger partial charge in [-0.1, -0.05) is 0 Å². The topological polar surface area (TPSA) is 69.5 Å². The third-order valence-corrected chi connectivity index (χ3v) is 7.30. The first-order valence-corrected chi connectivity index (χ1v) is 11.9. The number of nitrogens with zero attached hydrogens (tertiary/aromatic N) is 4. The Morgan fingerprint density at radius 1 is 1.31 bits per heavy atom. The van der Waals surface area contributed by atoms with Crippen molar-refractivity contribution in [3.63, 3.8) is 0 Å². The second kappa shape index (κ2) is 10.0. The predicted octanol–water partition coefficient (Wildman–Crippen LogP) is 3.62. The molecule has 1 spiro atoms. The first kappa shape index (κ1) is 22.8. The molecule has 0 N–H and O–H groups in total. The van der Waals surface area contributed by atoms with E-state index in [4.69, 9.17) is 9.47 Å². The van der Waals surface area contributed by atoms with Crippen molar-refractivity contribution in [1.29, 1.82) is 0 Å². The molecule has 0 aromatic carbocycles. The number of hydrogen-bond acceptors (Lipinski definition) is 5. The molecular weight excluding hydrogens is 404 g/mol. The standard InChI is InChI=1S/C25H36N4O3/c1-19-23(20(2)28(3)27-19)6-7-24(30)29-13-10-25(11-14-29)17-21(9-16-32-25)8-15-31-22-5-4-12-26-18-22/h4-5,12,18,21H,6-11,13-17H2,1-3H3. The molecule has 2 fully saturated rings. The Balaban J connectivity index is 1.22. The zero-order valence-electron chi connectivity index (χ0n) is 19.7. The molecule has 0 bridgehead atoms. The summed E-state index contributed by atoms with van der Waals surface area (Å²) in [4.78, 5) is 19.0. The van der Waals surface area contributed by atoms with Gasteiger partial charge in [0, 0.05) is 45.1 Å². The van der Waals surface area contributed by atoms with E-state index in [1.165, 1.54) is 5.56 Å². The highest BCUT2D eigenvalue weighted by Crippen LogP contribution is 2.39. The number of carbonyl (C=O) groups excluding carboxylic acids is 1. The molecule has 0 aliphatic carbocycles. The van der Waals surface area contributed by atoms with Crippen LogP contribution in [0, 0.1) is 19.8 Å². The Bertz CT molecular complexity index is 903. The summed E-state index contributed by atoms with van der Waals surface area (Å²) in [6.07, 6.45) is 9.89.